The van der Waals surface area contributed by atoms with Gasteiger partial charge in [-0.15, -0.1) is 0 Å². The number of benzene rings is 1. The molecule has 1 N–H and O–H groups in total. The van der Waals surface area contributed by atoms with E-state index in [0.29, 0.717) is 13.0 Å². The fourth-order valence-corrected chi connectivity index (χ4v) is 3.70. The second-order valence-electron chi connectivity index (χ2n) is 6.17. The molecule has 0 amide bonds. The van der Waals surface area contributed by atoms with Gasteiger partial charge in [0.15, 0.2) is 0 Å². The molecule has 1 aliphatic heterocycles. The van der Waals surface area contributed by atoms with Gasteiger partial charge in [0, 0.05) is 12.6 Å². The fraction of sp³-hybridized carbons (Fsp3) is 0.625. The van der Waals surface area contributed by atoms with Crippen molar-refractivity contribution in [3.8, 4) is 5.75 Å². The summed E-state index contributed by atoms with van der Waals surface area (Å²) >= 11 is 0. The first-order valence-electron chi connectivity index (χ1n) is 7.57. The maximum absolute atomic E-state index is 13.0. The van der Waals surface area contributed by atoms with Gasteiger partial charge in [-0.2, -0.15) is 13.2 Å². The lowest BCUT2D eigenvalue weighted by atomic mass is 9.84. The minimum absolute atomic E-state index is 0.0194. The highest BCUT2D eigenvalue weighted by atomic mass is 19.4. The molecule has 0 saturated carbocycles. The summed E-state index contributed by atoms with van der Waals surface area (Å²) in [6.45, 7) is 0.801. The first-order chi connectivity index (χ1) is 9.95. The van der Waals surface area contributed by atoms with Gasteiger partial charge in [0.05, 0.1) is 5.92 Å². The van der Waals surface area contributed by atoms with Gasteiger partial charge in [-0.25, -0.2) is 0 Å². The van der Waals surface area contributed by atoms with Gasteiger partial charge >= 0.3 is 6.18 Å². The van der Waals surface area contributed by atoms with E-state index in [2.05, 4.69) is 0 Å². The summed E-state index contributed by atoms with van der Waals surface area (Å²) in [4.78, 5) is 1.97. The van der Waals surface area contributed by atoms with Crippen LogP contribution in [0.5, 0.6) is 5.75 Å². The average Bonchev–Trinajstić information content (AvgIpc) is 2.46. The summed E-state index contributed by atoms with van der Waals surface area (Å²) < 4.78 is 38.9. The van der Waals surface area contributed by atoms with Gasteiger partial charge in [0.2, 0.25) is 0 Å². The number of alkyl halides is 3. The van der Waals surface area contributed by atoms with E-state index in [1.807, 2.05) is 11.0 Å². The van der Waals surface area contributed by atoms with Gasteiger partial charge in [-0.1, -0.05) is 6.07 Å². The van der Waals surface area contributed by atoms with Gasteiger partial charge < -0.3 is 5.11 Å². The summed E-state index contributed by atoms with van der Waals surface area (Å²) in [6.07, 6.45) is -0.456. The Morgan fingerprint density at radius 3 is 2.71 bits per heavy atom. The number of aryl methyl sites for hydroxylation is 1. The Kier molecular flexibility index (Phi) is 3.86. The third kappa shape index (κ3) is 3.03. The lowest BCUT2D eigenvalue weighted by molar-refractivity contribution is -0.189. The molecular weight excluding hydrogens is 279 g/mol. The fourth-order valence-electron chi connectivity index (χ4n) is 3.70. The van der Waals surface area contributed by atoms with Crippen molar-refractivity contribution in [1.82, 2.24) is 4.90 Å². The first-order valence-corrected chi connectivity index (χ1v) is 7.57. The summed E-state index contributed by atoms with van der Waals surface area (Å²) in [7, 11) is 0. The number of piperidine rings is 1. The zero-order valence-corrected chi connectivity index (χ0v) is 11.9. The Morgan fingerprint density at radius 2 is 1.95 bits per heavy atom. The number of phenols is 1. The predicted octanol–water partition coefficient (Wildman–Crippen LogP) is 4.04. The van der Waals surface area contributed by atoms with E-state index in [0.717, 1.165) is 30.4 Å². The molecule has 0 spiro atoms. The van der Waals surface area contributed by atoms with Crippen LogP contribution in [0.25, 0.3) is 0 Å². The molecule has 1 fully saturated rings. The average molecular weight is 299 g/mol. The van der Waals surface area contributed by atoms with Crippen LogP contribution >= 0.6 is 0 Å². The van der Waals surface area contributed by atoms with Crippen molar-refractivity contribution < 1.29 is 18.3 Å². The molecule has 2 nitrogen and oxygen atoms in total. The van der Waals surface area contributed by atoms with Gasteiger partial charge in [-0.05, 0) is 61.9 Å². The minimum atomic E-state index is -4.10. The molecule has 2 atom stereocenters. The van der Waals surface area contributed by atoms with Crippen molar-refractivity contribution >= 4 is 0 Å². The molecule has 2 unspecified atom stereocenters. The third-order valence-corrected chi connectivity index (χ3v) is 4.77. The maximum atomic E-state index is 13.0. The molecule has 21 heavy (non-hydrogen) atoms. The van der Waals surface area contributed by atoms with Crippen LogP contribution in [0.15, 0.2) is 18.2 Å². The highest BCUT2D eigenvalue weighted by molar-refractivity contribution is 5.38. The number of hydrogen-bond acceptors (Lipinski definition) is 2. The van der Waals surface area contributed by atoms with Crippen molar-refractivity contribution in [3.63, 3.8) is 0 Å². The summed E-state index contributed by atoms with van der Waals surface area (Å²) in [5.74, 6) is -1.01. The first kappa shape index (κ1) is 14.7. The van der Waals surface area contributed by atoms with E-state index in [1.165, 1.54) is 0 Å². The zero-order chi connectivity index (χ0) is 15.0. The lowest BCUT2D eigenvalue weighted by Crippen LogP contribution is -2.44. The van der Waals surface area contributed by atoms with Gasteiger partial charge in [-0.3, -0.25) is 4.90 Å². The highest BCUT2D eigenvalue weighted by Gasteiger charge is 2.43. The van der Waals surface area contributed by atoms with Crippen LogP contribution in [0.4, 0.5) is 13.2 Å². The Bertz CT molecular complexity index is 515. The minimum Gasteiger partial charge on any atom is -0.508 e. The number of likely N-dealkylation sites (tertiary alicyclic amines) is 1. The Morgan fingerprint density at radius 1 is 1.14 bits per heavy atom. The quantitative estimate of drug-likeness (QED) is 0.846. The zero-order valence-electron chi connectivity index (χ0n) is 11.9. The summed E-state index contributed by atoms with van der Waals surface area (Å²) in [6, 6.07) is 5.32. The molecule has 116 valence electrons. The number of fused-ring (bicyclic) bond motifs is 1. The molecule has 1 heterocycles. The van der Waals surface area contributed by atoms with Crippen LogP contribution in [-0.4, -0.2) is 29.3 Å². The molecule has 1 aliphatic carbocycles. The lowest BCUT2D eigenvalue weighted by Gasteiger charge is -2.41. The molecule has 1 saturated heterocycles. The topological polar surface area (TPSA) is 23.5 Å². The van der Waals surface area contributed by atoms with E-state index >= 15 is 0 Å². The number of halogens is 3. The molecule has 1 aromatic carbocycles. The van der Waals surface area contributed by atoms with E-state index in [1.54, 1.807) is 12.1 Å². The summed E-state index contributed by atoms with van der Waals surface area (Å²) in [5, 5.41) is 9.69. The van der Waals surface area contributed by atoms with E-state index in [9.17, 15) is 18.3 Å². The van der Waals surface area contributed by atoms with E-state index in [4.69, 9.17) is 0 Å². The number of aromatic hydroxyl groups is 1. The number of hydrogen-bond donors (Lipinski definition) is 1. The van der Waals surface area contributed by atoms with Gasteiger partial charge in [0.25, 0.3) is 0 Å². The SMILES string of the molecule is Oc1ccc2c(c1)C(N1CCCC(C(F)(F)F)C1)CCC2. The van der Waals surface area contributed by atoms with Gasteiger partial charge in [0.1, 0.15) is 5.75 Å². The van der Waals surface area contributed by atoms with E-state index in [-0.39, 0.29) is 24.8 Å². The number of phenolic OH excluding ortho intramolecular Hbond substituents is 1. The van der Waals surface area contributed by atoms with Crippen molar-refractivity contribution in [2.24, 2.45) is 5.92 Å². The van der Waals surface area contributed by atoms with Crippen molar-refractivity contribution in [3.05, 3.63) is 29.3 Å². The second kappa shape index (κ2) is 5.52. The van der Waals surface area contributed by atoms with Crippen LogP contribution in [0, 0.1) is 5.92 Å². The van der Waals surface area contributed by atoms with Crippen molar-refractivity contribution in [1.29, 1.82) is 0 Å². The second-order valence-corrected chi connectivity index (χ2v) is 6.17. The Hall–Kier alpha value is -1.23. The Balaban J connectivity index is 1.83. The standard InChI is InChI=1S/C16H20F3NO/c17-16(18,19)12-4-2-8-20(10-12)15-5-1-3-11-6-7-13(21)9-14(11)15/h6-7,9,12,15,21H,1-5,8,10H2. The van der Waals surface area contributed by atoms with Crippen LogP contribution in [0.3, 0.4) is 0 Å². The molecule has 2 aliphatic rings. The molecule has 5 heteroatoms. The molecular formula is C16H20F3NO. The Labute approximate surface area is 122 Å². The van der Waals surface area contributed by atoms with Crippen LogP contribution in [-0.2, 0) is 6.42 Å². The van der Waals surface area contributed by atoms with Crippen LogP contribution < -0.4 is 0 Å². The maximum Gasteiger partial charge on any atom is 0.393 e. The molecule has 0 aromatic heterocycles. The smallest absolute Gasteiger partial charge is 0.393 e. The monoisotopic (exact) mass is 299 g/mol. The normalized spacial score (nSPS) is 27.4. The predicted molar refractivity (Wildman–Crippen MR) is 74.1 cm³/mol. The van der Waals surface area contributed by atoms with Crippen molar-refractivity contribution in [2.75, 3.05) is 13.1 Å². The molecule has 0 radical (unpaired) electrons. The van der Waals surface area contributed by atoms with Crippen LogP contribution in [0.1, 0.15) is 42.9 Å². The number of nitrogens with zero attached hydrogens (tertiary/aromatic N) is 1. The largest absolute Gasteiger partial charge is 0.508 e. The number of rotatable bonds is 1. The molecule has 3 rings (SSSR count). The summed E-state index contributed by atoms with van der Waals surface area (Å²) in [5.41, 5.74) is 2.18. The molecule has 1 aromatic rings. The van der Waals surface area contributed by atoms with Crippen molar-refractivity contribution in [2.45, 2.75) is 44.3 Å². The third-order valence-electron chi connectivity index (χ3n) is 4.77. The van der Waals surface area contributed by atoms with Crippen LogP contribution in [0.2, 0.25) is 0 Å². The molecule has 0 bridgehead atoms. The van der Waals surface area contributed by atoms with E-state index < -0.39 is 12.1 Å². The highest BCUT2D eigenvalue weighted by Crippen LogP contribution is 2.40.